The van der Waals surface area contributed by atoms with Gasteiger partial charge in [-0.05, 0) is 49.7 Å². The van der Waals surface area contributed by atoms with Crippen molar-refractivity contribution in [1.29, 1.82) is 0 Å². The Morgan fingerprint density at radius 2 is 1.92 bits per heavy atom. The standard InChI is InChI=1S/C18H20N4O3S/c1-13-5-6-14(12-19-13)18(23)20-15-7-9-16(10-8-15)26(24,25)21-17-4-3-11-22(17)2/h5-10,12H,3-4,11H2,1-2H3,(H,20,23)/b21-17+. The lowest BCUT2D eigenvalue weighted by Gasteiger charge is -2.11. The molecule has 1 aromatic heterocycles. The fourth-order valence-corrected chi connectivity index (χ4v) is 3.71. The van der Waals surface area contributed by atoms with Gasteiger partial charge in [-0.3, -0.25) is 9.78 Å². The molecular formula is C18H20N4O3S. The number of rotatable bonds is 4. The van der Waals surface area contributed by atoms with Gasteiger partial charge in [-0.15, -0.1) is 4.40 Å². The SMILES string of the molecule is Cc1ccc(C(=O)Nc2ccc(S(=O)(=O)/N=C3\CCCN3C)cc2)cn1. The zero-order chi connectivity index (χ0) is 18.7. The third-order valence-corrected chi connectivity index (χ3v) is 5.46. The number of aromatic nitrogens is 1. The lowest BCUT2D eigenvalue weighted by atomic mass is 10.2. The molecule has 1 aliphatic rings. The van der Waals surface area contributed by atoms with Gasteiger partial charge in [0.1, 0.15) is 5.84 Å². The maximum absolute atomic E-state index is 12.4. The summed E-state index contributed by atoms with van der Waals surface area (Å²) >= 11 is 0. The predicted molar refractivity (Wildman–Crippen MR) is 99.9 cm³/mol. The van der Waals surface area contributed by atoms with Crippen molar-refractivity contribution in [2.45, 2.75) is 24.7 Å². The van der Waals surface area contributed by atoms with E-state index in [-0.39, 0.29) is 10.8 Å². The van der Waals surface area contributed by atoms with Gasteiger partial charge in [0.05, 0.1) is 10.5 Å². The van der Waals surface area contributed by atoms with Gasteiger partial charge < -0.3 is 10.2 Å². The maximum atomic E-state index is 12.4. The molecule has 1 aromatic carbocycles. The maximum Gasteiger partial charge on any atom is 0.283 e. The van der Waals surface area contributed by atoms with Crippen LogP contribution in [0.1, 0.15) is 28.9 Å². The van der Waals surface area contributed by atoms with Crippen molar-refractivity contribution in [3.8, 4) is 0 Å². The third kappa shape index (κ3) is 4.08. The number of nitrogens with zero attached hydrogens (tertiary/aromatic N) is 3. The van der Waals surface area contributed by atoms with Crippen molar-refractivity contribution in [3.63, 3.8) is 0 Å². The van der Waals surface area contributed by atoms with E-state index >= 15 is 0 Å². The summed E-state index contributed by atoms with van der Waals surface area (Å²) in [5.41, 5.74) is 1.76. The Bertz CT molecular complexity index is 935. The molecule has 8 heteroatoms. The molecule has 0 bridgehead atoms. The smallest absolute Gasteiger partial charge is 0.283 e. The number of carbonyl (C=O) groups is 1. The number of hydrogen-bond donors (Lipinski definition) is 1. The van der Waals surface area contributed by atoms with Crippen LogP contribution >= 0.6 is 0 Å². The van der Waals surface area contributed by atoms with E-state index in [1.165, 1.54) is 18.3 Å². The summed E-state index contributed by atoms with van der Waals surface area (Å²) in [5.74, 6) is 0.273. The Kier molecular flexibility index (Phi) is 5.03. The lowest BCUT2D eigenvalue weighted by molar-refractivity contribution is 0.102. The van der Waals surface area contributed by atoms with Gasteiger partial charge in [-0.2, -0.15) is 8.42 Å². The van der Waals surface area contributed by atoms with Crippen LogP contribution < -0.4 is 5.32 Å². The monoisotopic (exact) mass is 372 g/mol. The summed E-state index contributed by atoms with van der Waals surface area (Å²) in [4.78, 5) is 18.2. The number of sulfonamides is 1. The van der Waals surface area contributed by atoms with E-state index in [1.54, 1.807) is 24.3 Å². The fourth-order valence-electron chi connectivity index (χ4n) is 2.62. The van der Waals surface area contributed by atoms with Crippen LogP contribution in [-0.2, 0) is 10.0 Å². The summed E-state index contributed by atoms with van der Waals surface area (Å²) in [6.07, 6.45) is 3.07. The Morgan fingerprint density at radius 3 is 2.50 bits per heavy atom. The minimum atomic E-state index is -3.76. The molecule has 0 aliphatic carbocycles. The minimum absolute atomic E-state index is 0.0975. The number of amides is 1. The number of likely N-dealkylation sites (tertiary alicyclic amines) is 1. The number of pyridine rings is 1. The Hall–Kier alpha value is -2.74. The molecular weight excluding hydrogens is 352 g/mol. The molecule has 1 fully saturated rings. The topological polar surface area (TPSA) is 91.7 Å². The summed E-state index contributed by atoms with van der Waals surface area (Å²) in [7, 11) is -1.92. The van der Waals surface area contributed by atoms with Crippen LogP contribution in [0.2, 0.25) is 0 Å². The van der Waals surface area contributed by atoms with Crippen molar-refractivity contribution < 1.29 is 13.2 Å². The number of anilines is 1. The molecule has 0 atom stereocenters. The van der Waals surface area contributed by atoms with Gasteiger partial charge in [-0.25, -0.2) is 0 Å². The molecule has 1 N–H and O–H groups in total. The van der Waals surface area contributed by atoms with Crippen molar-refractivity contribution in [3.05, 3.63) is 53.9 Å². The fraction of sp³-hybridized carbons (Fsp3) is 0.278. The zero-order valence-electron chi connectivity index (χ0n) is 14.6. The highest BCUT2D eigenvalue weighted by atomic mass is 32.2. The Labute approximate surface area is 152 Å². The van der Waals surface area contributed by atoms with Crippen LogP contribution in [0.4, 0.5) is 5.69 Å². The molecule has 2 aromatic rings. The van der Waals surface area contributed by atoms with Gasteiger partial charge in [0.15, 0.2) is 0 Å². The number of aryl methyl sites for hydroxylation is 1. The van der Waals surface area contributed by atoms with Gasteiger partial charge >= 0.3 is 0 Å². The first kappa shape index (κ1) is 18.1. The molecule has 2 heterocycles. The summed E-state index contributed by atoms with van der Waals surface area (Å²) < 4.78 is 28.7. The molecule has 0 spiro atoms. The zero-order valence-corrected chi connectivity index (χ0v) is 15.5. The number of carbonyl (C=O) groups excluding carboxylic acids is 1. The van der Waals surface area contributed by atoms with E-state index in [0.29, 0.717) is 23.5 Å². The highest BCUT2D eigenvalue weighted by Gasteiger charge is 2.20. The first-order chi connectivity index (χ1) is 12.3. The highest BCUT2D eigenvalue weighted by Crippen LogP contribution is 2.19. The van der Waals surface area contributed by atoms with E-state index in [1.807, 2.05) is 18.9 Å². The van der Waals surface area contributed by atoms with Crippen molar-refractivity contribution in [2.75, 3.05) is 18.9 Å². The van der Waals surface area contributed by atoms with E-state index in [9.17, 15) is 13.2 Å². The minimum Gasteiger partial charge on any atom is -0.362 e. The van der Waals surface area contributed by atoms with Crippen molar-refractivity contribution in [2.24, 2.45) is 4.40 Å². The van der Waals surface area contributed by atoms with Crippen LogP contribution in [0.5, 0.6) is 0 Å². The van der Waals surface area contributed by atoms with E-state index < -0.39 is 10.0 Å². The molecule has 1 saturated heterocycles. The van der Waals surface area contributed by atoms with Crippen LogP contribution in [-0.4, -0.2) is 43.6 Å². The van der Waals surface area contributed by atoms with E-state index in [4.69, 9.17) is 0 Å². The van der Waals surface area contributed by atoms with Gasteiger partial charge in [0.2, 0.25) is 0 Å². The molecule has 7 nitrogen and oxygen atoms in total. The normalized spacial score (nSPS) is 16.1. The lowest BCUT2D eigenvalue weighted by Crippen LogP contribution is -2.20. The number of amidine groups is 1. The van der Waals surface area contributed by atoms with Crippen LogP contribution in [0.3, 0.4) is 0 Å². The highest BCUT2D eigenvalue weighted by molar-refractivity contribution is 7.90. The van der Waals surface area contributed by atoms with Crippen molar-refractivity contribution >= 4 is 27.5 Å². The Morgan fingerprint density at radius 1 is 1.19 bits per heavy atom. The molecule has 26 heavy (non-hydrogen) atoms. The first-order valence-electron chi connectivity index (χ1n) is 8.24. The predicted octanol–water partition coefficient (Wildman–Crippen LogP) is 2.46. The van der Waals surface area contributed by atoms with Gasteiger partial charge in [0.25, 0.3) is 15.9 Å². The van der Waals surface area contributed by atoms with Gasteiger partial charge in [-0.1, -0.05) is 0 Å². The number of nitrogens with one attached hydrogen (secondary N) is 1. The molecule has 1 amide bonds. The number of hydrogen-bond acceptors (Lipinski definition) is 4. The first-order valence-corrected chi connectivity index (χ1v) is 9.68. The number of benzene rings is 1. The van der Waals surface area contributed by atoms with Crippen molar-refractivity contribution in [1.82, 2.24) is 9.88 Å². The van der Waals surface area contributed by atoms with E-state index in [2.05, 4.69) is 14.7 Å². The summed E-state index contributed by atoms with van der Waals surface area (Å²) in [6, 6.07) is 9.42. The third-order valence-electron chi connectivity index (χ3n) is 4.14. The largest absolute Gasteiger partial charge is 0.362 e. The molecule has 3 rings (SSSR count). The Balaban J connectivity index is 1.74. The average molecular weight is 372 g/mol. The summed E-state index contributed by atoms with van der Waals surface area (Å²) in [5, 5.41) is 2.72. The molecule has 0 saturated carbocycles. The summed E-state index contributed by atoms with van der Waals surface area (Å²) in [6.45, 7) is 2.65. The quantitative estimate of drug-likeness (QED) is 0.890. The molecule has 0 radical (unpaired) electrons. The second kappa shape index (κ2) is 7.25. The van der Waals surface area contributed by atoms with E-state index in [0.717, 1.165) is 18.7 Å². The molecule has 0 unspecified atom stereocenters. The van der Waals surface area contributed by atoms with Crippen LogP contribution in [0.15, 0.2) is 51.9 Å². The van der Waals surface area contributed by atoms with Crippen LogP contribution in [0.25, 0.3) is 0 Å². The van der Waals surface area contributed by atoms with Crippen LogP contribution in [0, 0.1) is 6.92 Å². The van der Waals surface area contributed by atoms with Gasteiger partial charge in [0, 0.05) is 37.6 Å². The second-order valence-electron chi connectivity index (χ2n) is 6.17. The second-order valence-corrected chi connectivity index (χ2v) is 7.78. The molecule has 136 valence electrons. The average Bonchev–Trinajstić information content (AvgIpc) is 3.00. The molecule has 1 aliphatic heterocycles.